The number of oxazole rings is 1. The SMILES string of the molecule is CC(C)c1ocnc1CS(=O)(=O)CC(O)c1ccc(F)cc1. The molecule has 0 radical (unpaired) electrons. The highest BCUT2D eigenvalue weighted by atomic mass is 32.2. The van der Waals surface area contributed by atoms with Crippen molar-refractivity contribution in [2.24, 2.45) is 0 Å². The van der Waals surface area contributed by atoms with Gasteiger partial charge in [-0.25, -0.2) is 17.8 Å². The Morgan fingerprint density at radius 2 is 1.91 bits per heavy atom. The summed E-state index contributed by atoms with van der Waals surface area (Å²) in [6.07, 6.45) is 0.0105. The van der Waals surface area contributed by atoms with E-state index in [0.717, 1.165) is 0 Å². The lowest BCUT2D eigenvalue weighted by atomic mass is 10.1. The predicted molar refractivity (Wildman–Crippen MR) is 79.4 cm³/mol. The van der Waals surface area contributed by atoms with E-state index in [-0.39, 0.29) is 11.7 Å². The van der Waals surface area contributed by atoms with Gasteiger partial charge in [-0.2, -0.15) is 0 Å². The molecule has 0 aliphatic carbocycles. The van der Waals surface area contributed by atoms with Gasteiger partial charge in [0.1, 0.15) is 11.6 Å². The molecule has 0 bridgehead atoms. The number of benzene rings is 1. The Morgan fingerprint density at radius 3 is 2.50 bits per heavy atom. The molecule has 0 fully saturated rings. The Kier molecular flexibility index (Phi) is 4.97. The standard InChI is InChI=1S/C15H18FNO4S/c1-10(2)15-13(17-9-21-15)7-22(19,20)8-14(18)11-3-5-12(16)6-4-11/h3-6,9-10,14,18H,7-8H2,1-2H3. The van der Waals surface area contributed by atoms with Crippen molar-refractivity contribution in [1.82, 2.24) is 4.98 Å². The van der Waals surface area contributed by atoms with E-state index in [2.05, 4.69) is 4.98 Å². The second-order valence-corrected chi connectivity index (χ2v) is 7.55. The van der Waals surface area contributed by atoms with E-state index in [1.807, 2.05) is 13.8 Å². The lowest BCUT2D eigenvalue weighted by Gasteiger charge is -2.11. The topological polar surface area (TPSA) is 80.4 Å². The van der Waals surface area contributed by atoms with Crippen LogP contribution < -0.4 is 0 Å². The third-order valence-corrected chi connectivity index (χ3v) is 4.76. The molecule has 1 aromatic carbocycles. The van der Waals surface area contributed by atoms with E-state index in [1.165, 1.54) is 30.7 Å². The van der Waals surface area contributed by atoms with Gasteiger partial charge in [-0.3, -0.25) is 0 Å². The zero-order valence-electron chi connectivity index (χ0n) is 12.4. The number of aliphatic hydroxyl groups is 1. The Balaban J connectivity index is 2.10. The van der Waals surface area contributed by atoms with Crippen molar-refractivity contribution in [2.45, 2.75) is 31.6 Å². The Bertz CT molecular complexity index is 722. The van der Waals surface area contributed by atoms with Crippen LogP contribution in [-0.2, 0) is 15.6 Å². The third-order valence-electron chi connectivity index (χ3n) is 3.22. The molecule has 0 spiro atoms. The average Bonchev–Trinajstić information content (AvgIpc) is 2.86. The first-order chi connectivity index (χ1) is 10.3. The molecular formula is C15H18FNO4S. The van der Waals surface area contributed by atoms with Crippen molar-refractivity contribution < 1.29 is 22.3 Å². The minimum Gasteiger partial charge on any atom is -0.448 e. The van der Waals surface area contributed by atoms with Crippen molar-refractivity contribution in [1.29, 1.82) is 0 Å². The van der Waals surface area contributed by atoms with Crippen LogP contribution in [0.4, 0.5) is 4.39 Å². The highest BCUT2D eigenvalue weighted by Gasteiger charge is 2.23. The van der Waals surface area contributed by atoms with Crippen LogP contribution in [-0.4, -0.2) is 24.3 Å². The predicted octanol–water partition coefficient (Wildman–Crippen LogP) is 2.59. The molecule has 5 nitrogen and oxygen atoms in total. The van der Waals surface area contributed by atoms with Gasteiger partial charge in [-0.05, 0) is 17.7 Å². The zero-order valence-corrected chi connectivity index (χ0v) is 13.2. The first kappa shape index (κ1) is 16.6. The molecule has 0 amide bonds. The number of sulfone groups is 1. The monoisotopic (exact) mass is 327 g/mol. The molecule has 7 heteroatoms. The molecule has 22 heavy (non-hydrogen) atoms. The molecule has 1 unspecified atom stereocenters. The number of rotatable bonds is 6. The number of halogens is 1. The summed E-state index contributed by atoms with van der Waals surface area (Å²) in [5, 5.41) is 10.0. The molecular weight excluding hydrogens is 309 g/mol. The fourth-order valence-corrected chi connectivity index (χ4v) is 3.57. The molecule has 2 rings (SSSR count). The van der Waals surface area contributed by atoms with E-state index in [1.54, 1.807) is 0 Å². The van der Waals surface area contributed by atoms with Gasteiger partial charge in [0.15, 0.2) is 16.2 Å². The highest BCUT2D eigenvalue weighted by Crippen LogP contribution is 2.22. The van der Waals surface area contributed by atoms with Crippen LogP contribution in [0.1, 0.15) is 42.9 Å². The first-order valence-corrected chi connectivity index (χ1v) is 8.67. The molecule has 120 valence electrons. The lowest BCUT2D eigenvalue weighted by molar-refractivity contribution is 0.201. The molecule has 1 heterocycles. The van der Waals surface area contributed by atoms with Crippen molar-refractivity contribution in [3.05, 3.63) is 53.5 Å². The molecule has 0 aliphatic heterocycles. The summed E-state index contributed by atoms with van der Waals surface area (Å²) in [5.74, 6) is -0.643. The number of hydrogen-bond acceptors (Lipinski definition) is 5. The maximum atomic E-state index is 12.8. The molecule has 0 saturated carbocycles. The normalized spacial score (nSPS) is 13.5. The van der Waals surface area contributed by atoms with Gasteiger partial charge < -0.3 is 9.52 Å². The molecule has 0 saturated heterocycles. The third kappa shape index (κ3) is 4.14. The summed E-state index contributed by atoms with van der Waals surface area (Å²) in [6, 6.07) is 5.09. The second-order valence-electron chi connectivity index (χ2n) is 5.44. The minimum absolute atomic E-state index is 0.0229. The Hall–Kier alpha value is -1.73. The van der Waals surface area contributed by atoms with E-state index in [9.17, 15) is 17.9 Å². The van der Waals surface area contributed by atoms with Crippen molar-refractivity contribution in [2.75, 3.05) is 5.75 Å². The smallest absolute Gasteiger partial charge is 0.181 e. The minimum atomic E-state index is -3.58. The number of aromatic nitrogens is 1. The van der Waals surface area contributed by atoms with Crippen molar-refractivity contribution >= 4 is 9.84 Å². The van der Waals surface area contributed by atoms with Crippen LogP contribution in [0.25, 0.3) is 0 Å². The first-order valence-electron chi connectivity index (χ1n) is 6.84. The summed E-state index contributed by atoms with van der Waals surface area (Å²) < 4.78 is 42.5. The highest BCUT2D eigenvalue weighted by molar-refractivity contribution is 7.90. The summed E-state index contributed by atoms with van der Waals surface area (Å²) >= 11 is 0. The fraction of sp³-hybridized carbons (Fsp3) is 0.400. The summed E-state index contributed by atoms with van der Waals surface area (Å²) in [7, 11) is -3.58. The molecule has 1 aromatic heterocycles. The van der Waals surface area contributed by atoms with Gasteiger partial charge >= 0.3 is 0 Å². The van der Waals surface area contributed by atoms with E-state index in [4.69, 9.17) is 4.42 Å². The fourth-order valence-electron chi connectivity index (χ4n) is 2.15. The summed E-state index contributed by atoms with van der Waals surface area (Å²) in [4.78, 5) is 3.94. The number of aliphatic hydroxyl groups excluding tert-OH is 1. The van der Waals surface area contributed by atoms with Crippen molar-refractivity contribution in [3.63, 3.8) is 0 Å². The van der Waals surface area contributed by atoms with Crippen LogP contribution in [0.3, 0.4) is 0 Å². The van der Waals surface area contributed by atoms with Crippen LogP contribution in [0, 0.1) is 5.82 Å². The van der Waals surface area contributed by atoms with Gasteiger partial charge in [0.2, 0.25) is 0 Å². The molecule has 1 N–H and O–H groups in total. The van der Waals surface area contributed by atoms with Gasteiger partial charge in [-0.15, -0.1) is 0 Å². The van der Waals surface area contributed by atoms with Gasteiger partial charge in [0, 0.05) is 5.92 Å². The second kappa shape index (κ2) is 6.58. The molecule has 0 aliphatic rings. The molecule has 2 aromatic rings. The average molecular weight is 327 g/mol. The van der Waals surface area contributed by atoms with Crippen LogP contribution in [0.5, 0.6) is 0 Å². The maximum absolute atomic E-state index is 12.8. The van der Waals surface area contributed by atoms with E-state index < -0.39 is 27.5 Å². The van der Waals surface area contributed by atoms with Crippen LogP contribution >= 0.6 is 0 Å². The lowest BCUT2D eigenvalue weighted by Crippen LogP contribution is -2.17. The zero-order chi connectivity index (χ0) is 16.3. The van der Waals surface area contributed by atoms with Crippen molar-refractivity contribution in [3.8, 4) is 0 Å². The summed E-state index contributed by atoms with van der Waals surface area (Å²) in [6.45, 7) is 3.76. The summed E-state index contributed by atoms with van der Waals surface area (Å²) in [5.41, 5.74) is 0.718. The Labute approximate surface area is 128 Å². The van der Waals surface area contributed by atoms with Gasteiger partial charge in [-0.1, -0.05) is 26.0 Å². The number of hydrogen-bond donors (Lipinski definition) is 1. The van der Waals surface area contributed by atoms with Crippen LogP contribution in [0.15, 0.2) is 35.1 Å². The van der Waals surface area contributed by atoms with E-state index in [0.29, 0.717) is 17.0 Å². The number of nitrogens with zero attached hydrogens (tertiary/aromatic N) is 1. The maximum Gasteiger partial charge on any atom is 0.181 e. The Morgan fingerprint density at radius 1 is 1.27 bits per heavy atom. The van der Waals surface area contributed by atoms with E-state index >= 15 is 0 Å². The largest absolute Gasteiger partial charge is 0.448 e. The van der Waals surface area contributed by atoms with Gasteiger partial charge in [0.05, 0.1) is 23.3 Å². The van der Waals surface area contributed by atoms with Crippen LogP contribution in [0.2, 0.25) is 0 Å². The quantitative estimate of drug-likeness (QED) is 0.882. The molecule has 1 atom stereocenters. The van der Waals surface area contributed by atoms with Gasteiger partial charge in [0.25, 0.3) is 0 Å².